The Labute approximate surface area is 63.1 Å². The van der Waals surface area contributed by atoms with Crippen LogP contribution in [-0.4, -0.2) is 6.08 Å². The van der Waals surface area contributed by atoms with Crippen LogP contribution >= 0.6 is 0 Å². The smallest absolute Gasteiger partial charge is 0.231 e. The molecule has 1 aromatic carbocycles. The van der Waals surface area contributed by atoms with Gasteiger partial charge in [0.2, 0.25) is 6.08 Å². The number of benzene rings is 1. The van der Waals surface area contributed by atoms with Gasteiger partial charge in [-0.1, -0.05) is 36.4 Å². The van der Waals surface area contributed by atoms with Crippen molar-refractivity contribution in [2.45, 2.75) is 0 Å². The Morgan fingerprint density at radius 2 is 0.909 bits per heavy atom. The van der Waals surface area contributed by atoms with E-state index in [2.05, 4.69) is 0 Å². The van der Waals surface area contributed by atoms with Gasteiger partial charge in [0.15, 0.2) is 0 Å². The van der Waals surface area contributed by atoms with Crippen LogP contribution in [0.3, 0.4) is 0 Å². The lowest BCUT2D eigenvalue weighted by Gasteiger charge is -1.69. The van der Waals surface area contributed by atoms with E-state index in [9.17, 15) is 0 Å². The summed E-state index contributed by atoms with van der Waals surface area (Å²) in [6, 6.07) is 12.0. The van der Waals surface area contributed by atoms with Crippen LogP contribution in [0.25, 0.3) is 0 Å². The molecule has 0 fully saturated rings. The summed E-state index contributed by atoms with van der Waals surface area (Å²) in [7, 11) is 0. The van der Waals surface area contributed by atoms with Gasteiger partial charge >= 0.3 is 0 Å². The molecule has 0 radical (unpaired) electrons. The molecule has 1 N–H and O–H groups in total. The van der Waals surface area contributed by atoms with E-state index in [1.165, 1.54) is 0 Å². The van der Waals surface area contributed by atoms with Gasteiger partial charge < -0.3 is 0 Å². The lowest BCUT2D eigenvalue weighted by atomic mass is 10.4. The molecule has 0 unspecified atom stereocenters. The summed E-state index contributed by atoms with van der Waals surface area (Å²) >= 11 is 0. The van der Waals surface area contributed by atoms with Crippen molar-refractivity contribution in [1.29, 1.82) is 5.41 Å². The molecule has 0 aliphatic heterocycles. The first-order valence-electron chi connectivity index (χ1n) is 2.45. The van der Waals surface area contributed by atoms with Crippen LogP contribution in [0.15, 0.2) is 36.4 Å². The lowest BCUT2D eigenvalue weighted by molar-refractivity contribution is 0.563. The number of isocyanates is 1. The Morgan fingerprint density at radius 1 is 0.818 bits per heavy atom. The Kier molecular flexibility index (Phi) is 23.3. The van der Waals surface area contributed by atoms with E-state index in [1.807, 2.05) is 36.4 Å². The van der Waals surface area contributed by atoms with Gasteiger partial charge in [-0.05, 0) is 0 Å². The molecule has 4 heteroatoms. The molecule has 0 spiro atoms. The highest BCUT2D eigenvalue weighted by Gasteiger charge is 1.57. The summed E-state index contributed by atoms with van der Waals surface area (Å²) in [4.78, 5) is 8.35. The van der Waals surface area contributed by atoms with Gasteiger partial charge in [0.05, 0.1) is 0 Å². The van der Waals surface area contributed by atoms with Gasteiger partial charge in [0.1, 0.15) is 0 Å². The topological polar surface area (TPSA) is 40.9 Å². The third-order valence-corrected chi connectivity index (χ3v) is 0.667. The van der Waals surface area contributed by atoms with Crippen molar-refractivity contribution in [1.82, 2.24) is 0 Å². The summed E-state index contributed by atoms with van der Waals surface area (Å²) in [6.45, 7) is 0. The molecular weight excluding hydrogens is 152 g/mol. The van der Waals surface area contributed by atoms with E-state index in [0.717, 1.165) is 6.08 Å². The molecule has 0 saturated heterocycles. The molecule has 0 aliphatic rings. The highest BCUT2D eigenvalue weighted by molar-refractivity contribution is 5.26. The van der Waals surface area contributed by atoms with Gasteiger partial charge in [-0.3, -0.25) is 9.41 Å². The highest BCUT2D eigenvalue weighted by atomic mass is 19.0. The van der Waals surface area contributed by atoms with Crippen LogP contribution in [-0.2, 0) is 4.79 Å². The molecular formula is C7H9F2NO. The molecule has 0 heterocycles. The van der Waals surface area contributed by atoms with E-state index in [4.69, 9.17) is 10.2 Å². The Hall–Kier alpha value is -1.54. The van der Waals surface area contributed by atoms with Crippen LogP contribution in [0.2, 0.25) is 0 Å². The second-order valence-electron chi connectivity index (χ2n) is 1.26. The molecule has 62 valence electrons. The molecule has 0 atom stereocenters. The van der Waals surface area contributed by atoms with Crippen molar-refractivity contribution in [2.24, 2.45) is 0 Å². The standard InChI is InChI=1S/C6H6.CHNO.2FH/c1-2-4-6-5-3-1;2-1-3;;/h1-6H;2H;2*1H. The van der Waals surface area contributed by atoms with E-state index in [1.54, 1.807) is 0 Å². The highest BCUT2D eigenvalue weighted by Crippen LogP contribution is 1.79. The van der Waals surface area contributed by atoms with Crippen molar-refractivity contribution in [3.05, 3.63) is 36.4 Å². The fourth-order valence-corrected chi connectivity index (χ4v) is 0.385. The number of rotatable bonds is 0. The Balaban J connectivity index is -0.000000116. The van der Waals surface area contributed by atoms with E-state index < -0.39 is 0 Å². The Bertz CT molecular complexity index is 146. The van der Waals surface area contributed by atoms with Gasteiger partial charge in [-0.2, -0.15) is 0 Å². The van der Waals surface area contributed by atoms with Crippen LogP contribution in [0, 0.1) is 5.41 Å². The molecule has 0 amide bonds. The quantitative estimate of drug-likeness (QED) is 0.458. The maximum atomic E-state index is 8.35. The molecule has 1 rings (SSSR count). The van der Waals surface area contributed by atoms with Gasteiger partial charge in [0.25, 0.3) is 0 Å². The summed E-state index contributed by atoms with van der Waals surface area (Å²) < 4.78 is 0. The van der Waals surface area contributed by atoms with E-state index >= 15 is 0 Å². The fourth-order valence-electron chi connectivity index (χ4n) is 0.385. The van der Waals surface area contributed by atoms with Crippen molar-refractivity contribution in [3.8, 4) is 0 Å². The summed E-state index contributed by atoms with van der Waals surface area (Å²) in [5.41, 5.74) is 0. The zero-order valence-corrected chi connectivity index (χ0v) is 5.69. The van der Waals surface area contributed by atoms with E-state index in [0.29, 0.717) is 0 Å². The number of hydrogen-bond donors (Lipinski definition) is 1. The van der Waals surface area contributed by atoms with Gasteiger partial charge in [0, 0.05) is 0 Å². The first kappa shape index (κ1) is 16.2. The Morgan fingerprint density at radius 3 is 1.00 bits per heavy atom. The monoisotopic (exact) mass is 161 g/mol. The third kappa shape index (κ3) is 17.7. The van der Waals surface area contributed by atoms with Crippen molar-refractivity contribution in [2.75, 3.05) is 0 Å². The second kappa shape index (κ2) is 15.8. The average molecular weight is 161 g/mol. The minimum atomic E-state index is 0. The van der Waals surface area contributed by atoms with Gasteiger partial charge in [-0.25, -0.2) is 10.2 Å². The molecule has 2 nitrogen and oxygen atoms in total. The zero-order valence-electron chi connectivity index (χ0n) is 5.69. The first-order chi connectivity index (χ1) is 4.41. The third-order valence-electron chi connectivity index (χ3n) is 0.667. The lowest BCUT2D eigenvalue weighted by Crippen LogP contribution is -1.47. The van der Waals surface area contributed by atoms with Crippen LogP contribution in [0.4, 0.5) is 9.41 Å². The summed E-state index contributed by atoms with van der Waals surface area (Å²) in [5.74, 6) is 0. The molecule has 11 heavy (non-hydrogen) atoms. The van der Waals surface area contributed by atoms with Crippen molar-refractivity contribution in [3.63, 3.8) is 0 Å². The normalized spacial score (nSPS) is 5.09. The van der Waals surface area contributed by atoms with E-state index in [-0.39, 0.29) is 9.41 Å². The zero-order chi connectivity index (χ0) is 6.95. The SMILES string of the molecule is F.F.N=C=O.c1ccccc1. The number of carbonyl (C=O) groups excluding carboxylic acids is 1. The predicted molar refractivity (Wildman–Crippen MR) is 39.9 cm³/mol. The molecule has 0 saturated carbocycles. The van der Waals surface area contributed by atoms with Crippen LogP contribution in [0.1, 0.15) is 0 Å². The first-order valence-corrected chi connectivity index (χ1v) is 2.45. The minimum Gasteiger partial charge on any atom is -0.269 e. The molecule has 0 aliphatic carbocycles. The minimum absolute atomic E-state index is 0. The number of halogens is 2. The van der Waals surface area contributed by atoms with Crippen LogP contribution in [0.5, 0.6) is 0 Å². The maximum absolute atomic E-state index is 8.35. The van der Waals surface area contributed by atoms with Gasteiger partial charge in [-0.15, -0.1) is 0 Å². The number of nitrogens with one attached hydrogen (secondary N) is 1. The fraction of sp³-hybridized carbons (Fsp3) is 0. The van der Waals surface area contributed by atoms with Crippen molar-refractivity contribution < 1.29 is 14.2 Å². The van der Waals surface area contributed by atoms with Crippen LogP contribution < -0.4 is 0 Å². The summed E-state index contributed by atoms with van der Waals surface area (Å²) in [6.07, 6.45) is 0.750. The maximum Gasteiger partial charge on any atom is 0.231 e. The average Bonchev–Trinajstić information content (AvgIpc) is 1.93. The molecule has 1 aromatic rings. The molecule has 0 aromatic heterocycles. The summed E-state index contributed by atoms with van der Waals surface area (Å²) in [5, 5.41) is 5.40. The largest absolute Gasteiger partial charge is 0.269 e. The molecule has 0 bridgehead atoms. The predicted octanol–water partition coefficient (Wildman–Crippen LogP) is 1.89. The van der Waals surface area contributed by atoms with Crippen molar-refractivity contribution >= 4 is 6.08 Å². The number of hydrogen-bond acceptors (Lipinski definition) is 2. The second-order valence-corrected chi connectivity index (χ2v) is 1.26.